The number of rotatable bonds is 4. The number of nitrogens with one attached hydrogen (secondary N) is 2. The summed E-state index contributed by atoms with van der Waals surface area (Å²) in [6, 6.07) is 8.93. The molecule has 1 aromatic carbocycles. The lowest BCUT2D eigenvalue weighted by molar-refractivity contribution is -0.122. The molecule has 0 fully saturated rings. The van der Waals surface area contributed by atoms with E-state index in [4.69, 9.17) is 5.84 Å². The van der Waals surface area contributed by atoms with Crippen molar-refractivity contribution in [2.24, 2.45) is 5.84 Å². The van der Waals surface area contributed by atoms with Gasteiger partial charge in [-0.05, 0) is 5.56 Å². The van der Waals surface area contributed by atoms with E-state index in [2.05, 4.69) is 5.32 Å². The number of amides is 2. The molecular formula is C11H15N3O2. The van der Waals surface area contributed by atoms with Crippen molar-refractivity contribution in [3.05, 3.63) is 35.9 Å². The van der Waals surface area contributed by atoms with Crippen molar-refractivity contribution < 1.29 is 9.59 Å². The van der Waals surface area contributed by atoms with Gasteiger partial charge in [0.2, 0.25) is 11.8 Å². The van der Waals surface area contributed by atoms with Gasteiger partial charge in [-0.25, -0.2) is 5.84 Å². The maximum Gasteiger partial charge on any atom is 0.236 e. The van der Waals surface area contributed by atoms with Crippen molar-refractivity contribution in [1.82, 2.24) is 10.7 Å². The zero-order chi connectivity index (χ0) is 12.0. The fourth-order valence-corrected chi connectivity index (χ4v) is 1.43. The highest BCUT2D eigenvalue weighted by molar-refractivity contribution is 5.78. The lowest BCUT2D eigenvalue weighted by Crippen LogP contribution is -2.35. The minimum absolute atomic E-state index is 0.125. The van der Waals surface area contributed by atoms with E-state index in [1.54, 1.807) is 0 Å². The molecule has 4 N–H and O–H groups in total. The van der Waals surface area contributed by atoms with E-state index in [-0.39, 0.29) is 24.3 Å². The molecule has 0 saturated carbocycles. The number of hydrogen-bond acceptors (Lipinski definition) is 3. The van der Waals surface area contributed by atoms with Crippen LogP contribution >= 0.6 is 0 Å². The Morgan fingerprint density at radius 2 is 1.94 bits per heavy atom. The molecule has 16 heavy (non-hydrogen) atoms. The summed E-state index contributed by atoms with van der Waals surface area (Å²) in [6.45, 7) is 1.41. The standard InChI is InChI=1S/C11H15N3O2/c1-8(15)13-10(7-11(16)14-12)9-5-3-2-4-6-9/h2-6,10H,7,12H2,1H3,(H,13,15)(H,14,16). The van der Waals surface area contributed by atoms with Gasteiger partial charge in [0, 0.05) is 6.92 Å². The molecule has 0 radical (unpaired) electrons. The largest absolute Gasteiger partial charge is 0.349 e. The van der Waals surface area contributed by atoms with Crippen LogP contribution in [0.3, 0.4) is 0 Å². The highest BCUT2D eigenvalue weighted by atomic mass is 16.2. The van der Waals surface area contributed by atoms with Gasteiger partial charge in [-0.15, -0.1) is 0 Å². The van der Waals surface area contributed by atoms with E-state index < -0.39 is 0 Å². The molecule has 0 bridgehead atoms. The number of hydrazine groups is 1. The van der Waals surface area contributed by atoms with Crippen LogP contribution in [0.25, 0.3) is 0 Å². The first-order chi connectivity index (χ1) is 7.63. The molecule has 0 aromatic heterocycles. The predicted octanol–water partition coefficient (Wildman–Crippen LogP) is 0.244. The van der Waals surface area contributed by atoms with Crippen molar-refractivity contribution in [1.29, 1.82) is 0 Å². The second-order valence-corrected chi connectivity index (χ2v) is 3.44. The van der Waals surface area contributed by atoms with Gasteiger partial charge in [-0.3, -0.25) is 15.0 Å². The van der Waals surface area contributed by atoms with E-state index >= 15 is 0 Å². The zero-order valence-corrected chi connectivity index (χ0v) is 9.07. The van der Waals surface area contributed by atoms with Gasteiger partial charge in [0.25, 0.3) is 0 Å². The highest BCUT2D eigenvalue weighted by Crippen LogP contribution is 2.15. The first-order valence-corrected chi connectivity index (χ1v) is 4.95. The average molecular weight is 221 g/mol. The number of nitrogens with two attached hydrogens (primary N) is 1. The smallest absolute Gasteiger partial charge is 0.236 e. The molecule has 86 valence electrons. The van der Waals surface area contributed by atoms with Gasteiger partial charge in [0.1, 0.15) is 0 Å². The summed E-state index contributed by atoms with van der Waals surface area (Å²) < 4.78 is 0. The molecule has 2 amide bonds. The Bertz CT molecular complexity index is 365. The molecule has 1 aromatic rings. The molecule has 1 rings (SSSR count). The summed E-state index contributed by atoms with van der Waals surface area (Å²) in [4.78, 5) is 22.2. The minimum atomic E-state index is -0.345. The predicted molar refractivity (Wildman–Crippen MR) is 59.9 cm³/mol. The van der Waals surface area contributed by atoms with Crippen molar-refractivity contribution >= 4 is 11.8 Å². The van der Waals surface area contributed by atoms with Crippen molar-refractivity contribution in [3.8, 4) is 0 Å². The average Bonchev–Trinajstić information content (AvgIpc) is 2.28. The highest BCUT2D eigenvalue weighted by Gasteiger charge is 2.15. The van der Waals surface area contributed by atoms with Crippen LogP contribution in [0.15, 0.2) is 30.3 Å². The topological polar surface area (TPSA) is 84.2 Å². The molecule has 0 aliphatic heterocycles. The third-order valence-electron chi connectivity index (χ3n) is 2.13. The van der Waals surface area contributed by atoms with Gasteiger partial charge in [0.05, 0.1) is 12.5 Å². The molecule has 0 saturated heterocycles. The van der Waals surface area contributed by atoms with Crippen LogP contribution in [-0.2, 0) is 9.59 Å². The molecule has 0 spiro atoms. The second kappa shape index (κ2) is 5.87. The Labute approximate surface area is 94.0 Å². The lowest BCUT2D eigenvalue weighted by Gasteiger charge is -2.17. The van der Waals surface area contributed by atoms with Gasteiger partial charge < -0.3 is 5.32 Å². The SMILES string of the molecule is CC(=O)NC(CC(=O)NN)c1ccccc1. The van der Waals surface area contributed by atoms with E-state index in [1.165, 1.54) is 6.92 Å². The van der Waals surface area contributed by atoms with Crippen LogP contribution in [0, 0.1) is 0 Å². The maximum atomic E-state index is 11.2. The fraction of sp³-hybridized carbons (Fsp3) is 0.273. The van der Waals surface area contributed by atoms with Gasteiger partial charge >= 0.3 is 0 Å². The molecule has 1 unspecified atom stereocenters. The number of carbonyl (C=O) groups is 2. The van der Waals surface area contributed by atoms with Gasteiger partial charge in [-0.1, -0.05) is 30.3 Å². The van der Waals surface area contributed by atoms with Crippen LogP contribution in [0.1, 0.15) is 24.9 Å². The molecule has 0 heterocycles. The van der Waals surface area contributed by atoms with Crippen LogP contribution in [0.4, 0.5) is 0 Å². The number of hydrogen-bond donors (Lipinski definition) is 3. The molecule has 5 nitrogen and oxygen atoms in total. The Kier molecular flexibility index (Phi) is 4.47. The summed E-state index contributed by atoms with van der Waals surface area (Å²) in [7, 11) is 0. The van der Waals surface area contributed by atoms with Crippen LogP contribution in [0.5, 0.6) is 0 Å². The molecule has 0 aliphatic carbocycles. The third-order valence-corrected chi connectivity index (χ3v) is 2.13. The molecule has 5 heteroatoms. The van der Waals surface area contributed by atoms with E-state index in [1.807, 2.05) is 35.8 Å². The Morgan fingerprint density at radius 1 is 1.31 bits per heavy atom. The summed E-state index contributed by atoms with van der Waals surface area (Å²) in [5.74, 6) is 4.52. The number of benzene rings is 1. The van der Waals surface area contributed by atoms with Crippen molar-refractivity contribution in [2.75, 3.05) is 0 Å². The Balaban J connectivity index is 2.79. The minimum Gasteiger partial charge on any atom is -0.349 e. The first-order valence-electron chi connectivity index (χ1n) is 4.95. The maximum absolute atomic E-state index is 11.2. The summed E-state index contributed by atoms with van der Waals surface area (Å²) in [5.41, 5.74) is 2.92. The monoisotopic (exact) mass is 221 g/mol. The van der Waals surface area contributed by atoms with Gasteiger partial charge in [0.15, 0.2) is 0 Å². The van der Waals surface area contributed by atoms with Crippen LogP contribution in [-0.4, -0.2) is 11.8 Å². The van der Waals surface area contributed by atoms with Crippen LogP contribution in [0.2, 0.25) is 0 Å². The lowest BCUT2D eigenvalue weighted by atomic mass is 10.0. The second-order valence-electron chi connectivity index (χ2n) is 3.44. The van der Waals surface area contributed by atoms with E-state index in [9.17, 15) is 9.59 Å². The third kappa shape index (κ3) is 3.70. The quantitative estimate of drug-likeness (QED) is 0.387. The van der Waals surface area contributed by atoms with Gasteiger partial charge in [-0.2, -0.15) is 0 Å². The van der Waals surface area contributed by atoms with Crippen molar-refractivity contribution in [2.45, 2.75) is 19.4 Å². The Morgan fingerprint density at radius 3 is 2.44 bits per heavy atom. The molecular weight excluding hydrogens is 206 g/mol. The fourth-order valence-electron chi connectivity index (χ4n) is 1.43. The van der Waals surface area contributed by atoms with Crippen molar-refractivity contribution in [3.63, 3.8) is 0 Å². The Hall–Kier alpha value is -1.88. The molecule has 0 aliphatic rings. The summed E-state index contributed by atoms with van der Waals surface area (Å²) in [6.07, 6.45) is 0.125. The summed E-state index contributed by atoms with van der Waals surface area (Å²) in [5, 5.41) is 2.71. The normalized spacial score (nSPS) is 11.6. The van der Waals surface area contributed by atoms with Crippen LogP contribution < -0.4 is 16.6 Å². The first kappa shape index (κ1) is 12.2. The molecule has 1 atom stereocenters. The zero-order valence-electron chi connectivity index (χ0n) is 9.07. The summed E-state index contributed by atoms with van der Waals surface area (Å²) >= 11 is 0. The van der Waals surface area contributed by atoms with E-state index in [0.717, 1.165) is 5.56 Å². The number of carbonyl (C=O) groups excluding carboxylic acids is 2. The van der Waals surface area contributed by atoms with E-state index in [0.29, 0.717) is 0 Å².